The monoisotopic (exact) mass is 395 g/mol. The van der Waals surface area contributed by atoms with Crippen molar-refractivity contribution in [1.29, 1.82) is 0 Å². The molecule has 1 aromatic carbocycles. The highest BCUT2D eigenvalue weighted by Crippen LogP contribution is 2.26. The van der Waals surface area contributed by atoms with E-state index in [1.807, 2.05) is 32.0 Å². The molecule has 150 valence electrons. The predicted molar refractivity (Wildman–Crippen MR) is 108 cm³/mol. The number of furan rings is 1. The van der Waals surface area contributed by atoms with Crippen LogP contribution in [0.15, 0.2) is 32.2 Å². The number of imidazole rings is 1. The normalized spacial score (nSPS) is 11.4. The summed E-state index contributed by atoms with van der Waals surface area (Å²) < 4.78 is 8.07. The third-order valence-corrected chi connectivity index (χ3v) is 5.09. The summed E-state index contributed by atoms with van der Waals surface area (Å²) in [5.74, 6) is 0.484. The van der Waals surface area contributed by atoms with Crippen LogP contribution in [0.3, 0.4) is 0 Å². The SMILES string of the molecule is Cc1ccc2c(C)c(C(=O)NCCc3nc4c([nH]3)c(=O)n(C)c(=O)n4C)oc2c1. The molecule has 0 fully saturated rings. The molecule has 0 aliphatic rings. The fraction of sp³-hybridized carbons (Fsp3) is 0.300. The Morgan fingerprint density at radius 2 is 1.97 bits per heavy atom. The maximum atomic E-state index is 12.5. The molecule has 0 radical (unpaired) electrons. The second kappa shape index (κ2) is 6.77. The lowest BCUT2D eigenvalue weighted by molar-refractivity contribution is 0.0927. The van der Waals surface area contributed by atoms with Crippen LogP contribution in [-0.2, 0) is 20.5 Å². The maximum absolute atomic E-state index is 12.5. The molecule has 0 atom stereocenters. The van der Waals surface area contributed by atoms with E-state index in [4.69, 9.17) is 4.42 Å². The number of aromatic nitrogens is 4. The summed E-state index contributed by atoms with van der Waals surface area (Å²) in [5, 5.41) is 3.73. The number of fused-ring (bicyclic) bond motifs is 2. The molecule has 0 unspecified atom stereocenters. The lowest BCUT2D eigenvalue weighted by Gasteiger charge is -2.02. The van der Waals surface area contributed by atoms with Crippen molar-refractivity contribution >= 4 is 28.0 Å². The van der Waals surface area contributed by atoms with Crippen molar-refractivity contribution in [3.8, 4) is 0 Å². The highest BCUT2D eigenvalue weighted by Gasteiger charge is 2.18. The van der Waals surface area contributed by atoms with Gasteiger partial charge in [-0.25, -0.2) is 9.78 Å². The Morgan fingerprint density at radius 3 is 2.72 bits per heavy atom. The molecule has 9 heteroatoms. The van der Waals surface area contributed by atoms with Gasteiger partial charge in [0.1, 0.15) is 16.9 Å². The van der Waals surface area contributed by atoms with E-state index in [9.17, 15) is 14.4 Å². The number of H-pyrrole nitrogens is 1. The summed E-state index contributed by atoms with van der Waals surface area (Å²) in [5.41, 5.74) is 2.22. The number of aromatic amines is 1. The van der Waals surface area contributed by atoms with E-state index in [1.54, 1.807) is 7.05 Å². The van der Waals surface area contributed by atoms with Gasteiger partial charge in [-0.1, -0.05) is 12.1 Å². The standard InChI is InChI=1S/C20H21N5O4/c1-10-5-6-12-11(2)16(29-13(12)9-10)18(26)21-8-7-14-22-15-17(23-14)24(3)20(28)25(4)19(15)27/h5-6,9H,7-8H2,1-4H3,(H,21,26)(H,22,23). The first-order valence-electron chi connectivity index (χ1n) is 9.20. The summed E-state index contributed by atoms with van der Waals surface area (Å²) >= 11 is 0. The van der Waals surface area contributed by atoms with Crippen LogP contribution in [0.25, 0.3) is 22.1 Å². The molecular formula is C20H21N5O4. The van der Waals surface area contributed by atoms with Gasteiger partial charge in [0.15, 0.2) is 11.4 Å². The molecule has 4 rings (SSSR count). The van der Waals surface area contributed by atoms with Gasteiger partial charge in [-0.05, 0) is 25.5 Å². The molecule has 0 aliphatic heterocycles. The van der Waals surface area contributed by atoms with Crippen LogP contribution in [0.2, 0.25) is 0 Å². The van der Waals surface area contributed by atoms with Crippen molar-refractivity contribution in [2.45, 2.75) is 20.3 Å². The van der Waals surface area contributed by atoms with Crippen LogP contribution in [0.1, 0.15) is 27.5 Å². The smallest absolute Gasteiger partial charge is 0.332 e. The molecule has 3 aromatic heterocycles. The zero-order valence-electron chi connectivity index (χ0n) is 16.6. The molecule has 1 amide bonds. The molecule has 0 spiro atoms. The molecule has 3 heterocycles. The molecule has 0 saturated carbocycles. The van der Waals surface area contributed by atoms with Gasteiger partial charge in [0.05, 0.1) is 0 Å². The maximum Gasteiger partial charge on any atom is 0.332 e. The topological polar surface area (TPSA) is 115 Å². The van der Waals surface area contributed by atoms with Crippen molar-refractivity contribution in [2.75, 3.05) is 6.54 Å². The van der Waals surface area contributed by atoms with E-state index in [0.29, 0.717) is 30.0 Å². The summed E-state index contributed by atoms with van der Waals surface area (Å²) in [7, 11) is 2.98. The van der Waals surface area contributed by atoms with Crippen molar-refractivity contribution in [1.82, 2.24) is 24.4 Å². The van der Waals surface area contributed by atoms with Gasteiger partial charge in [-0.2, -0.15) is 0 Å². The fourth-order valence-corrected chi connectivity index (χ4v) is 3.42. The van der Waals surface area contributed by atoms with Crippen molar-refractivity contribution in [3.05, 3.63) is 61.7 Å². The first-order valence-corrected chi connectivity index (χ1v) is 9.20. The Balaban J connectivity index is 1.52. The lowest BCUT2D eigenvalue weighted by Crippen LogP contribution is -2.36. The summed E-state index contributed by atoms with van der Waals surface area (Å²) in [6, 6.07) is 5.82. The van der Waals surface area contributed by atoms with Crippen LogP contribution in [0.4, 0.5) is 0 Å². The van der Waals surface area contributed by atoms with Crippen LogP contribution >= 0.6 is 0 Å². The molecule has 9 nitrogen and oxygen atoms in total. The average molecular weight is 395 g/mol. The number of benzene rings is 1. The van der Waals surface area contributed by atoms with Crippen LogP contribution in [-0.4, -0.2) is 31.6 Å². The zero-order chi connectivity index (χ0) is 20.9. The van der Waals surface area contributed by atoms with E-state index in [0.717, 1.165) is 21.1 Å². The van der Waals surface area contributed by atoms with E-state index < -0.39 is 11.2 Å². The minimum absolute atomic E-state index is 0.263. The van der Waals surface area contributed by atoms with E-state index in [2.05, 4.69) is 15.3 Å². The Bertz CT molecular complexity index is 1390. The number of carbonyl (C=O) groups is 1. The van der Waals surface area contributed by atoms with Crippen molar-refractivity contribution in [3.63, 3.8) is 0 Å². The van der Waals surface area contributed by atoms with Gasteiger partial charge in [-0.3, -0.25) is 18.7 Å². The van der Waals surface area contributed by atoms with Gasteiger partial charge in [0.25, 0.3) is 11.5 Å². The second-order valence-corrected chi connectivity index (χ2v) is 7.15. The first-order chi connectivity index (χ1) is 13.8. The minimum Gasteiger partial charge on any atom is -0.451 e. The van der Waals surface area contributed by atoms with Gasteiger partial charge in [0.2, 0.25) is 0 Å². The molecule has 0 bridgehead atoms. The first kappa shape index (κ1) is 18.7. The largest absolute Gasteiger partial charge is 0.451 e. The predicted octanol–water partition coefficient (Wildman–Crippen LogP) is 1.30. The number of aryl methyl sites for hydroxylation is 3. The minimum atomic E-state index is -0.440. The van der Waals surface area contributed by atoms with E-state index in [1.165, 1.54) is 11.6 Å². The number of nitrogens with zero attached hydrogens (tertiary/aromatic N) is 3. The molecule has 0 aliphatic carbocycles. The van der Waals surface area contributed by atoms with Gasteiger partial charge in [0, 0.05) is 38.0 Å². The fourth-order valence-electron chi connectivity index (χ4n) is 3.42. The third-order valence-electron chi connectivity index (χ3n) is 5.09. The molecule has 0 saturated heterocycles. The Kier molecular flexibility index (Phi) is 4.37. The van der Waals surface area contributed by atoms with Gasteiger partial charge >= 0.3 is 5.69 Å². The number of rotatable bonds is 4. The third kappa shape index (κ3) is 3.04. The number of hydrogen-bond donors (Lipinski definition) is 2. The lowest BCUT2D eigenvalue weighted by atomic mass is 10.1. The van der Waals surface area contributed by atoms with Gasteiger partial charge < -0.3 is 14.7 Å². The number of amides is 1. The molecular weight excluding hydrogens is 374 g/mol. The highest BCUT2D eigenvalue weighted by atomic mass is 16.3. The number of carbonyl (C=O) groups excluding carboxylic acids is 1. The quantitative estimate of drug-likeness (QED) is 0.540. The van der Waals surface area contributed by atoms with Crippen molar-refractivity contribution < 1.29 is 9.21 Å². The highest BCUT2D eigenvalue weighted by molar-refractivity contribution is 5.99. The number of nitrogens with one attached hydrogen (secondary N) is 2. The second-order valence-electron chi connectivity index (χ2n) is 7.15. The van der Waals surface area contributed by atoms with E-state index in [-0.39, 0.29) is 17.2 Å². The Morgan fingerprint density at radius 1 is 1.21 bits per heavy atom. The van der Waals surface area contributed by atoms with Crippen LogP contribution < -0.4 is 16.6 Å². The summed E-state index contributed by atoms with van der Waals surface area (Å²) in [4.78, 5) is 44.0. The summed E-state index contributed by atoms with van der Waals surface area (Å²) in [6.07, 6.45) is 0.371. The Labute approximate surface area is 165 Å². The molecule has 4 aromatic rings. The zero-order valence-corrected chi connectivity index (χ0v) is 16.6. The van der Waals surface area contributed by atoms with Crippen molar-refractivity contribution in [2.24, 2.45) is 14.1 Å². The van der Waals surface area contributed by atoms with E-state index >= 15 is 0 Å². The summed E-state index contributed by atoms with van der Waals surface area (Å²) in [6.45, 7) is 4.11. The molecule has 2 N–H and O–H groups in total. The van der Waals surface area contributed by atoms with Gasteiger partial charge in [-0.15, -0.1) is 0 Å². The molecule has 29 heavy (non-hydrogen) atoms. The number of hydrogen-bond acceptors (Lipinski definition) is 5. The van der Waals surface area contributed by atoms with Crippen LogP contribution in [0, 0.1) is 13.8 Å². The average Bonchev–Trinajstić information content (AvgIpc) is 3.26. The van der Waals surface area contributed by atoms with Crippen LogP contribution in [0.5, 0.6) is 0 Å². The Hall–Kier alpha value is -3.62.